The second kappa shape index (κ2) is 9.07. The lowest BCUT2D eigenvalue weighted by Gasteiger charge is -2.13. The molecule has 0 bridgehead atoms. The zero-order valence-corrected chi connectivity index (χ0v) is 19.1. The number of halogens is 3. The SMILES string of the molecule is Cc1cc(C)n(CC(=O)Nc2ccc(F)cc2F)c(=O)c1-c1nc(-c2ccc(Br)cc2)no1. The van der Waals surface area contributed by atoms with E-state index in [9.17, 15) is 18.4 Å². The third kappa shape index (κ3) is 4.75. The lowest BCUT2D eigenvalue weighted by atomic mass is 10.1. The minimum Gasteiger partial charge on any atom is -0.333 e. The summed E-state index contributed by atoms with van der Waals surface area (Å²) in [5.41, 5.74) is 1.30. The van der Waals surface area contributed by atoms with Crippen molar-refractivity contribution >= 4 is 27.5 Å². The first-order chi connectivity index (χ1) is 15.7. The molecule has 0 aliphatic rings. The van der Waals surface area contributed by atoms with Gasteiger partial charge in [0.1, 0.15) is 23.7 Å². The highest BCUT2D eigenvalue weighted by Crippen LogP contribution is 2.24. The smallest absolute Gasteiger partial charge is 0.264 e. The van der Waals surface area contributed by atoms with Crippen LogP contribution in [0.1, 0.15) is 11.3 Å². The summed E-state index contributed by atoms with van der Waals surface area (Å²) < 4.78 is 34.4. The molecule has 2 aromatic carbocycles. The first kappa shape index (κ1) is 22.5. The molecule has 4 aromatic rings. The molecule has 168 valence electrons. The molecule has 2 heterocycles. The Labute approximate surface area is 195 Å². The van der Waals surface area contributed by atoms with E-state index in [1.54, 1.807) is 32.0 Å². The van der Waals surface area contributed by atoms with Crippen molar-refractivity contribution < 1.29 is 18.1 Å². The second-order valence-corrected chi connectivity index (χ2v) is 8.25. The molecule has 2 aromatic heterocycles. The summed E-state index contributed by atoms with van der Waals surface area (Å²) in [4.78, 5) is 30.1. The van der Waals surface area contributed by atoms with Gasteiger partial charge in [-0.25, -0.2) is 8.78 Å². The Kier molecular flexibility index (Phi) is 6.19. The number of hydrogen-bond donors (Lipinski definition) is 1. The lowest BCUT2D eigenvalue weighted by Crippen LogP contribution is -2.31. The van der Waals surface area contributed by atoms with Crippen LogP contribution in [0.3, 0.4) is 0 Å². The number of aromatic nitrogens is 3. The number of aryl methyl sites for hydroxylation is 2. The average Bonchev–Trinajstić information content (AvgIpc) is 3.23. The van der Waals surface area contributed by atoms with Gasteiger partial charge in [-0.1, -0.05) is 21.1 Å². The third-order valence-corrected chi connectivity index (χ3v) is 5.48. The third-order valence-electron chi connectivity index (χ3n) is 4.95. The number of pyridine rings is 1. The summed E-state index contributed by atoms with van der Waals surface area (Å²) in [5, 5.41) is 6.31. The molecule has 10 heteroatoms. The van der Waals surface area contributed by atoms with Crippen molar-refractivity contribution in [2.75, 3.05) is 5.32 Å². The molecule has 1 N–H and O–H groups in total. The minimum absolute atomic E-state index is 0.0224. The quantitative estimate of drug-likeness (QED) is 0.410. The van der Waals surface area contributed by atoms with Gasteiger partial charge >= 0.3 is 0 Å². The van der Waals surface area contributed by atoms with Crippen LogP contribution < -0.4 is 10.9 Å². The topological polar surface area (TPSA) is 90.0 Å². The Balaban J connectivity index is 1.64. The number of anilines is 1. The zero-order valence-electron chi connectivity index (χ0n) is 17.5. The predicted octanol–water partition coefficient (Wildman–Crippen LogP) is 4.86. The maximum absolute atomic E-state index is 13.9. The highest BCUT2D eigenvalue weighted by atomic mass is 79.9. The van der Waals surface area contributed by atoms with Crippen LogP contribution in [0.2, 0.25) is 0 Å². The molecule has 0 aliphatic heterocycles. The molecule has 7 nitrogen and oxygen atoms in total. The van der Waals surface area contributed by atoms with Gasteiger partial charge in [-0.05, 0) is 61.9 Å². The van der Waals surface area contributed by atoms with E-state index in [1.165, 1.54) is 4.57 Å². The molecule has 4 rings (SSSR count). The Morgan fingerprint density at radius 2 is 1.85 bits per heavy atom. The van der Waals surface area contributed by atoms with E-state index in [0.29, 0.717) is 28.7 Å². The summed E-state index contributed by atoms with van der Waals surface area (Å²) in [5.74, 6) is -1.99. The minimum atomic E-state index is -0.914. The van der Waals surface area contributed by atoms with Gasteiger partial charge in [-0.3, -0.25) is 9.59 Å². The van der Waals surface area contributed by atoms with Crippen LogP contribution in [-0.4, -0.2) is 20.6 Å². The Bertz CT molecular complexity index is 1410. The van der Waals surface area contributed by atoms with Gasteiger partial charge in [0, 0.05) is 21.8 Å². The molecule has 1 amide bonds. The molecule has 0 saturated carbocycles. The zero-order chi connectivity index (χ0) is 23.7. The van der Waals surface area contributed by atoms with Crippen LogP contribution in [0, 0.1) is 25.5 Å². The van der Waals surface area contributed by atoms with Crippen LogP contribution in [0.25, 0.3) is 22.8 Å². The van der Waals surface area contributed by atoms with E-state index in [2.05, 4.69) is 31.4 Å². The predicted molar refractivity (Wildman–Crippen MR) is 122 cm³/mol. The van der Waals surface area contributed by atoms with Crippen LogP contribution >= 0.6 is 15.9 Å². The molecule has 0 spiro atoms. The van der Waals surface area contributed by atoms with E-state index in [-0.39, 0.29) is 23.7 Å². The number of rotatable bonds is 5. The van der Waals surface area contributed by atoms with Crippen molar-refractivity contribution in [1.82, 2.24) is 14.7 Å². The van der Waals surface area contributed by atoms with Crippen LogP contribution in [0.15, 0.2) is 62.3 Å². The molecule has 0 saturated heterocycles. The highest BCUT2D eigenvalue weighted by Gasteiger charge is 2.20. The van der Waals surface area contributed by atoms with E-state index in [0.717, 1.165) is 16.6 Å². The number of hydrogen-bond acceptors (Lipinski definition) is 5. The van der Waals surface area contributed by atoms with Crippen molar-refractivity contribution in [3.8, 4) is 22.8 Å². The van der Waals surface area contributed by atoms with Gasteiger partial charge < -0.3 is 14.4 Å². The molecular formula is C23H17BrF2N4O3. The van der Waals surface area contributed by atoms with Gasteiger partial charge in [0.25, 0.3) is 11.4 Å². The molecule has 0 atom stereocenters. The summed E-state index contributed by atoms with van der Waals surface area (Å²) in [6, 6.07) is 11.8. The lowest BCUT2D eigenvalue weighted by molar-refractivity contribution is -0.116. The van der Waals surface area contributed by atoms with Crippen LogP contribution in [0.4, 0.5) is 14.5 Å². The van der Waals surface area contributed by atoms with E-state index in [4.69, 9.17) is 4.52 Å². The maximum atomic E-state index is 13.9. The number of carbonyl (C=O) groups excluding carboxylic acids is 1. The number of benzene rings is 2. The Morgan fingerprint density at radius 1 is 1.12 bits per heavy atom. The van der Waals surface area contributed by atoms with Gasteiger partial charge in [0.05, 0.1) is 5.69 Å². The second-order valence-electron chi connectivity index (χ2n) is 7.34. The number of nitrogens with zero attached hydrogens (tertiary/aromatic N) is 3. The molecule has 0 fully saturated rings. The summed E-state index contributed by atoms with van der Waals surface area (Å²) >= 11 is 3.36. The average molecular weight is 515 g/mol. The van der Waals surface area contributed by atoms with Crippen molar-refractivity contribution in [3.05, 3.63) is 86.2 Å². The van der Waals surface area contributed by atoms with Gasteiger partial charge in [-0.15, -0.1) is 0 Å². The number of amides is 1. The monoisotopic (exact) mass is 514 g/mol. The van der Waals surface area contributed by atoms with E-state index >= 15 is 0 Å². The van der Waals surface area contributed by atoms with Gasteiger partial charge in [-0.2, -0.15) is 4.98 Å². The summed E-state index contributed by atoms with van der Waals surface area (Å²) in [6.45, 7) is 3.01. The van der Waals surface area contributed by atoms with Crippen LogP contribution in [-0.2, 0) is 11.3 Å². The number of nitrogens with one attached hydrogen (secondary N) is 1. The largest absolute Gasteiger partial charge is 0.333 e. The first-order valence-electron chi connectivity index (χ1n) is 9.79. The summed E-state index contributed by atoms with van der Waals surface area (Å²) in [7, 11) is 0. The van der Waals surface area contributed by atoms with Crippen molar-refractivity contribution in [2.24, 2.45) is 0 Å². The van der Waals surface area contributed by atoms with Gasteiger partial charge in [0.2, 0.25) is 11.7 Å². The highest BCUT2D eigenvalue weighted by molar-refractivity contribution is 9.10. The normalized spacial score (nSPS) is 10.9. The maximum Gasteiger partial charge on any atom is 0.264 e. The van der Waals surface area contributed by atoms with Crippen molar-refractivity contribution in [2.45, 2.75) is 20.4 Å². The number of carbonyl (C=O) groups is 1. The fourth-order valence-corrected chi connectivity index (χ4v) is 3.61. The summed E-state index contributed by atoms with van der Waals surface area (Å²) in [6.07, 6.45) is 0. The molecular weight excluding hydrogens is 498 g/mol. The Morgan fingerprint density at radius 3 is 2.55 bits per heavy atom. The van der Waals surface area contributed by atoms with Crippen molar-refractivity contribution in [3.63, 3.8) is 0 Å². The molecule has 0 aliphatic carbocycles. The standard InChI is InChI=1S/C23H17BrF2N4O3/c1-12-9-13(2)30(11-19(31)27-18-8-7-16(25)10-17(18)26)23(32)20(12)22-28-21(29-33-22)14-3-5-15(24)6-4-14/h3-10H,11H2,1-2H3,(H,27,31). The van der Waals surface area contributed by atoms with Crippen LogP contribution in [0.5, 0.6) is 0 Å². The first-order valence-corrected chi connectivity index (χ1v) is 10.6. The van der Waals surface area contributed by atoms with Gasteiger partial charge in [0.15, 0.2) is 0 Å². The molecule has 0 radical (unpaired) electrons. The molecule has 0 unspecified atom stereocenters. The van der Waals surface area contributed by atoms with Crippen molar-refractivity contribution in [1.29, 1.82) is 0 Å². The fraction of sp³-hybridized carbons (Fsp3) is 0.130. The molecule has 33 heavy (non-hydrogen) atoms. The van der Waals surface area contributed by atoms with E-state index < -0.39 is 23.1 Å². The Hall–Kier alpha value is -3.66. The van der Waals surface area contributed by atoms with E-state index in [1.807, 2.05) is 12.1 Å². The fourth-order valence-electron chi connectivity index (χ4n) is 3.35.